The summed E-state index contributed by atoms with van der Waals surface area (Å²) in [5.41, 5.74) is 0.150. The van der Waals surface area contributed by atoms with E-state index in [4.69, 9.17) is 0 Å². The van der Waals surface area contributed by atoms with Crippen molar-refractivity contribution in [3.8, 4) is 11.5 Å². The van der Waals surface area contributed by atoms with Crippen molar-refractivity contribution < 1.29 is 19.8 Å². The van der Waals surface area contributed by atoms with E-state index in [-0.39, 0.29) is 36.1 Å². The highest BCUT2D eigenvalue weighted by Gasteiger charge is 2.09. The zero-order valence-electron chi connectivity index (χ0n) is 11.0. The quantitative estimate of drug-likeness (QED) is 0.626. The standard InChI is InChI=1S/C14H14N2O4S/c17-10-6-9(7-11(18)8-10)13(19)15-3-4-16-14(20)12-2-1-5-21-12/h1-2,5-8,17-18H,3-4H2,(H,15,19)(H,16,20). The first-order valence-electron chi connectivity index (χ1n) is 6.19. The number of phenols is 2. The third kappa shape index (κ3) is 4.22. The second-order valence-corrected chi connectivity index (χ2v) is 5.17. The molecule has 110 valence electrons. The van der Waals surface area contributed by atoms with Gasteiger partial charge in [-0.25, -0.2) is 0 Å². The number of aromatic hydroxyl groups is 2. The molecule has 1 aromatic carbocycles. The van der Waals surface area contributed by atoms with E-state index >= 15 is 0 Å². The summed E-state index contributed by atoms with van der Waals surface area (Å²) in [4.78, 5) is 24.0. The summed E-state index contributed by atoms with van der Waals surface area (Å²) in [6.45, 7) is 0.527. The number of carbonyl (C=O) groups is 2. The summed E-state index contributed by atoms with van der Waals surface area (Å²) in [7, 11) is 0. The molecule has 0 fully saturated rings. The summed E-state index contributed by atoms with van der Waals surface area (Å²) >= 11 is 1.34. The van der Waals surface area contributed by atoms with Gasteiger partial charge in [-0.1, -0.05) is 6.07 Å². The van der Waals surface area contributed by atoms with E-state index in [2.05, 4.69) is 10.6 Å². The van der Waals surface area contributed by atoms with Crippen LogP contribution in [0.3, 0.4) is 0 Å². The van der Waals surface area contributed by atoms with Gasteiger partial charge in [-0.15, -0.1) is 11.3 Å². The number of hydrogen-bond acceptors (Lipinski definition) is 5. The highest BCUT2D eigenvalue weighted by molar-refractivity contribution is 7.12. The molecular formula is C14H14N2O4S. The first kappa shape index (κ1) is 14.9. The van der Waals surface area contributed by atoms with Gasteiger partial charge in [-0.2, -0.15) is 0 Å². The molecule has 1 heterocycles. The van der Waals surface area contributed by atoms with Crippen LogP contribution in [-0.4, -0.2) is 35.1 Å². The molecule has 0 aliphatic carbocycles. The average Bonchev–Trinajstić information content (AvgIpc) is 2.96. The van der Waals surface area contributed by atoms with Gasteiger partial charge in [-0.05, 0) is 23.6 Å². The normalized spacial score (nSPS) is 10.1. The molecule has 4 N–H and O–H groups in total. The van der Waals surface area contributed by atoms with Gasteiger partial charge < -0.3 is 20.8 Å². The SMILES string of the molecule is O=C(NCCNC(=O)c1cccs1)c1cc(O)cc(O)c1. The van der Waals surface area contributed by atoms with Crippen LogP contribution in [0.1, 0.15) is 20.0 Å². The Morgan fingerprint density at radius 1 is 1.00 bits per heavy atom. The van der Waals surface area contributed by atoms with Crippen molar-refractivity contribution in [1.82, 2.24) is 10.6 Å². The number of thiophene rings is 1. The Kier molecular flexibility index (Phi) is 4.78. The van der Waals surface area contributed by atoms with E-state index in [1.807, 2.05) is 5.38 Å². The molecule has 0 unspecified atom stereocenters. The van der Waals surface area contributed by atoms with Crippen LogP contribution in [0.25, 0.3) is 0 Å². The number of amides is 2. The summed E-state index contributed by atoms with van der Waals surface area (Å²) < 4.78 is 0. The van der Waals surface area contributed by atoms with Crippen LogP contribution in [0.2, 0.25) is 0 Å². The lowest BCUT2D eigenvalue weighted by atomic mass is 10.2. The maximum atomic E-state index is 11.8. The number of hydrogen-bond donors (Lipinski definition) is 4. The summed E-state index contributed by atoms with van der Waals surface area (Å²) in [5, 5.41) is 25.7. The Morgan fingerprint density at radius 3 is 2.19 bits per heavy atom. The molecule has 0 aliphatic heterocycles. The fourth-order valence-electron chi connectivity index (χ4n) is 1.68. The highest BCUT2D eigenvalue weighted by Crippen LogP contribution is 2.20. The fraction of sp³-hybridized carbons (Fsp3) is 0.143. The van der Waals surface area contributed by atoms with Crippen molar-refractivity contribution in [2.24, 2.45) is 0 Å². The molecular weight excluding hydrogens is 292 g/mol. The van der Waals surface area contributed by atoms with Gasteiger partial charge in [0.25, 0.3) is 11.8 Å². The second kappa shape index (κ2) is 6.76. The maximum absolute atomic E-state index is 11.8. The lowest BCUT2D eigenvalue weighted by molar-refractivity contribution is 0.0929. The zero-order valence-corrected chi connectivity index (χ0v) is 11.8. The van der Waals surface area contributed by atoms with E-state index in [0.29, 0.717) is 4.88 Å². The number of phenolic OH excluding ortho intramolecular Hbond substituents is 2. The number of rotatable bonds is 5. The van der Waals surface area contributed by atoms with Gasteiger partial charge in [-0.3, -0.25) is 9.59 Å². The van der Waals surface area contributed by atoms with Gasteiger partial charge >= 0.3 is 0 Å². The summed E-state index contributed by atoms with van der Waals surface area (Å²) in [6.07, 6.45) is 0. The van der Waals surface area contributed by atoms with Crippen LogP contribution >= 0.6 is 11.3 Å². The van der Waals surface area contributed by atoms with Crippen molar-refractivity contribution in [3.63, 3.8) is 0 Å². The molecule has 0 atom stereocenters. The van der Waals surface area contributed by atoms with Crippen molar-refractivity contribution in [1.29, 1.82) is 0 Å². The molecule has 7 heteroatoms. The lowest BCUT2D eigenvalue weighted by Gasteiger charge is -2.07. The van der Waals surface area contributed by atoms with Crippen molar-refractivity contribution in [2.45, 2.75) is 0 Å². The molecule has 0 radical (unpaired) electrons. The largest absolute Gasteiger partial charge is 0.508 e. The number of carbonyl (C=O) groups excluding carboxylic acids is 2. The smallest absolute Gasteiger partial charge is 0.261 e. The minimum atomic E-state index is -0.438. The van der Waals surface area contributed by atoms with Crippen molar-refractivity contribution >= 4 is 23.2 Å². The lowest BCUT2D eigenvalue weighted by Crippen LogP contribution is -2.34. The van der Waals surface area contributed by atoms with Gasteiger partial charge in [0, 0.05) is 24.7 Å². The topological polar surface area (TPSA) is 98.7 Å². The fourth-order valence-corrected chi connectivity index (χ4v) is 2.32. The average molecular weight is 306 g/mol. The van der Waals surface area contributed by atoms with Crippen LogP contribution in [0.5, 0.6) is 11.5 Å². The monoisotopic (exact) mass is 306 g/mol. The molecule has 6 nitrogen and oxygen atoms in total. The molecule has 2 amide bonds. The van der Waals surface area contributed by atoms with Gasteiger partial charge in [0.15, 0.2) is 0 Å². The molecule has 0 saturated carbocycles. The first-order valence-corrected chi connectivity index (χ1v) is 7.07. The van der Waals surface area contributed by atoms with Gasteiger partial charge in [0.05, 0.1) is 4.88 Å². The number of benzene rings is 1. The molecule has 2 rings (SSSR count). The molecule has 0 spiro atoms. The first-order chi connectivity index (χ1) is 10.1. The molecule has 1 aromatic heterocycles. The molecule has 21 heavy (non-hydrogen) atoms. The van der Waals surface area contributed by atoms with Crippen LogP contribution in [0.4, 0.5) is 0 Å². The minimum Gasteiger partial charge on any atom is -0.508 e. The molecule has 0 saturated heterocycles. The van der Waals surface area contributed by atoms with E-state index in [0.717, 1.165) is 6.07 Å². The van der Waals surface area contributed by atoms with E-state index in [1.165, 1.54) is 23.5 Å². The third-order valence-electron chi connectivity index (χ3n) is 2.61. The Bertz CT molecular complexity index is 620. The Balaban J connectivity index is 1.78. The Morgan fingerprint density at radius 2 is 1.62 bits per heavy atom. The Hall–Kier alpha value is -2.54. The van der Waals surface area contributed by atoms with Crippen LogP contribution < -0.4 is 10.6 Å². The van der Waals surface area contributed by atoms with E-state index in [1.54, 1.807) is 12.1 Å². The molecule has 0 aliphatic rings. The molecule has 2 aromatic rings. The van der Waals surface area contributed by atoms with Crippen LogP contribution in [0.15, 0.2) is 35.7 Å². The third-order valence-corrected chi connectivity index (χ3v) is 3.47. The minimum absolute atomic E-state index is 0.150. The molecule has 0 bridgehead atoms. The second-order valence-electron chi connectivity index (χ2n) is 4.23. The van der Waals surface area contributed by atoms with E-state index in [9.17, 15) is 19.8 Å². The predicted molar refractivity (Wildman–Crippen MR) is 78.8 cm³/mol. The van der Waals surface area contributed by atoms with Gasteiger partial charge in [0.2, 0.25) is 0 Å². The highest BCUT2D eigenvalue weighted by atomic mass is 32.1. The number of nitrogens with one attached hydrogen (secondary N) is 2. The van der Waals surface area contributed by atoms with Crippen LogP contribution in [-0.2, 0) is 0 Å². The maximum Gasteiger partial charge on any atom is 0.261 e. The van der Waals surface area contributed by atoms with E-state index < -0.39 is 5.91 Å². The van der Waals surface area contributed by atoms with Crippen molar-refractivity contribution in [2.75, 3.05) is 13.1 Å². The zero-order chi connectivity index (χ0) is 15.2. The van der Waals surface area contributed by atoms with Gasteiger partial charge in [0.1, 0.15) is 11.5 Å². The Labute approximate surface area is 125 Å². The van der Waals surface area contributed by atoms with Crippen molar-refractivity contribution in [3.05, 3.63) is 46.2 Å². The predicted octanol–water partition coefficient (Wildman–Crippen LogP) is 1.32. The van der Waals surface area contributed by atoms with Crippen LogP contribution in [0, 0.1) is 0 Å². The summed E-state index contributed by atoms with van der Waals surface area (Å²) in [5.74, 6) is -1.00. The summed E-state index contributed by atoms with van der Waals surface area (Å²) in [6, 6.07) is 7.14.